The first-order valence-electron chi connectivity index (χ1n) is 7.20. The minimum absolute atomic E-state index is 0.0793. The lowest BCUT2D eigenvalue weighted by molar-refractivity contribution is -0.565. The molecule has 0 amide bonds. The van der Waals surface area contributed by atoms with Crippen LogP contribution >= 0.6 is 0 Å². The number of benzene rings is 2. The van der Waals surface area contributed by atoms with Gasteiger partial charge in [0, 0.05) is 30.8 Å². The summed E-state index contributed by atoms with van der Waals surface area (Å²) in [6.45, 7) is 3.14. The standard InChI is InChI=1S/C18H19NO3/c1-18(2,19(21)22)16(14-9-5-3-6-10-14)13-17(20)15-11-7-4-8-12-15/h3-12,16H,13H2,1-2H3. The Balaban J connectivity index is 2.34. The number of nitrogens with zero attached hydrogens (tertiary/aromatic N) is 1. The third-order valence-corrected chi connectivity index (χ3v) is 4.01. The summed E-state index contributed by atoms with van der Waals surface area (Å²) in [4.78, 5) is 23.6. The monoisotopic (exact) mass is 297 g/mol. The van der Waals surface area contributed by atoms with Crippen LogP contribution in [0.25, 0.3) is 0 Å². The second-order valence-corrected chi connectivity index (χ2v) is 5.87. The van der Waals surface area contributed by atoms with Crippen molar-refractivity contribution in [2.45, 2.75) is 31.7 Å². The van der Waals surface area contributed by atoms with Crippen molar-refractivity contribution < 1.29 is 9.72 Å². The largest absolute Gasteiger partial charge is 0.294 e. The van der Waals surface area contributed by atoms with E-state index in [1.807, 2.05) is 36.4 Å². The maximum atomic E-state index is 12.5. The molecule has 0 saturated carbocycles. The molecular weight excluding hydrogens is 278 g/mol. The maximum Gasteiger partial charge on any atom is 0.223 e. The van der Waals surface area contributed by atoms with E-state index in [9.17, 15) is 14.9 Å². The highest BCUT2D eigenvalue weighted by Gasteiger charge is 2.42. The number of nitro groups is 1. The summed E-state index contributed by atoms with van der Waals surface area (Å²) in [5.41, 5.74) is 0.183. The normalized spacial score (nSPS) is 12.6. The van der Waals surface area contributed by atoms with Crippen molar-refractivity contribution in [3.63, 3.8) is 0 Å². The van der Waals surface area contributed by atoms with Crippen molar-refractivity contribution in [1.29, 1.82) is 0 Å². The Morgan fingerprint density at radius 3 is 2.05 bits per heavy atom. The lowest BCUT2D eigenvalue weighted by Crippen LogP contribution is -2.39. The van der Waals surface area contributed by atoms with Crippen LogP contribution in [-0.4, -0.2) is 16.2 Å². The highest BCUT2D eigenvalue weighted by molar-refractivity contribution is 5.96. The van der Waals surface area contributed by atoms with Gasteiger partial charge in [0.05, 0.1) is 5.92 Å². The molecule has 0 bridgehead atoms. The lowest BCUT2D eigenvalue weighted by atomic mass is 9.78. The molecule has 0 saturated heterocycles. The van der Waals surface area contributed by atoms with E-state index < -0.39 is 11.5 Å². The zero-order chi connectivity index (χ0) is 16.2. The minimum atomic E-state index is -1.22. The summed E-state index contributed by atoms with van der Waals surface area (Å²) in [7, 11) is 0. The van der Waals surface area contributed by atoms with Crippen LogP contribution < -0.4 is 0 Å². The molecule has 0 aromatic heterocycles. The van der Waals surface area contributed by atoms with E-state index in [1.165, 1.54) is 0 Å². The molecule has 0 fully saturated rings. The molecule has 2 rings (SSSR count). The van der Waals surface area contributed by atoms with Gasteiger partial charge in [-0.3, -0.25) is 14.9 Å². The van der Waals surface area contributed by atoms with Crippen molar-refractivity contribution in [2.75, 3.05) is 0 Å². The molecule has 1 atom stereocenters. The van der Waals surface area contributed by atoms with E-state index in [4.69, 9.17) is 0 Å². The Labute approximate surface area is 129 Å². The number of ketones is 1. The lowest BCUT2D eigenvalue weighted by Gasteiger charge is -2.26. The molecule has 114 valence electrons. The average Bonchev–Trinajstić information content (AvgIpc) is 2.53. The van der Waals surface area contributed by atoms with Gasteiger partial charge in [0.2, 0.25) is 5.54 Å². The third-order valence-electron chi connectivity index (χ3n) is 4.01. The topological polar surface area (TPSA) is 60.2 Å². The Bertz CT molecular complexity index is 651. The molecule has 0 heterocycles. The van der Waals surface area contributed by atoms with Crippen molar-refractivity contribution in [3.05, 3.63) is 81.9 Å². The van der Waals surface area contributed by atoms with E-state index >= 15 is 0 Å². The molecule has 4 nitrogen and oxygen atoms in total. The van der Waals surface area contributed by atoms with Gasteiger partial charge in [0.15, 0.2) is 5.78 Å². The molecule has 1 unspecified atom stereocenters. The van der Waals surface area contributed by atoms with Gasteiger partial charge in [-0.25, -0.2) is 0 Å². The van der Waals surface area contributed by atoms with Gasteiger partial charge in [0.25, 0.3) is 0 Å². The summed E-state index contributed by atoms with van der Waals surface area (Å²) in [6, 6.07) is 18.1. The molecule has 2 aromatic carbocycles. The van der Waals surface area contributed by atoms with Crippen LogP contribution in [-0.2, 0) is 0 Å². The SMILES string of the molecule is CC(C)(C(CC(=O)c1ccccc1)c1ccccc1)[N+](=O)[O-]. The molecule has 0 aliphatic carbocycles. The highest BCUT2D eigenvalue weighted by Crippen LogP contribution is 2.34. The van der Waals surface area contributed by atoms with Crippen LogP contribution in [0.4, 0.5) is 0 Å². The summed E-state index contributed by atoms with van der Waals surface area (Å²) < 4.78 is 0. The predicted octanol–water partition coefficient (Wildman–Crippen LogP) is 4.10. The first kappa shape index (κ1) is 15.9. The number of rotatable bonds is 6. The van der Waals surface area contributed by atoms with E-state index in [2.05, 4.69) is 0 Å². The van der Waals surface area contributed by atoms with Gasteiger partial charge >= 0.3 is 0 Å². The Hall–Kier alpha value is -2.49. The summed E-state index contributed by atoms with van der Waals surface area (Å²) >= 11 is 0. The molecule has 2 aromatic rings. The predicted molar refractivity (Wildman–Crippen MR) is 85.6 cm³/mol. The van der Waals surface area contributed by atoms with Crippen molar-refractivity contribution in [2.24, 2.45) is 0 Å². The first-order valence-corrected chi connectivity index (χ1v) is 7.20. The zero-order valence-electron chi connectivity index (χ0n) is 12.7. The zero-order valence-corrected chi connectivity index (χ0v) is 12.7. The van der Waals surface area contributed by atoms with Gasteiger partial charge in [-0.2, -0.15) is 0 Å². The average molecular weight is 297 g/mol. The summed E-state index contributed by atoms with van der Waals surface area (Å²) in [5.74, 6) is -0.555. The molecule has 0 aliphatic heterocycles. The van der Waals surface area contributed by atoms with Crippen molar-refractivity contribution in [3.8, 4) is 0 Å². The maximum absolute atomic E-state index is 12.5. The number of Topliss-reactive ketones (excluding diaryl/α,β-unsaturated/α-hetero) is 1. The van der Waals surface area contributed by atoms with Crippen LogP contribution in [0.2, 0.25) is 0 Å². The number of carbonyl (C=O) groups is 1. The highest BCUT2D eigenvalue weighted by atomic mass is 16.6. The minimum Gasteiger partial charge on any atom is -0.294 e. The number of hydrogen-bond acceptors (Lipinski definition) is 3. The third kappa shape index (κ3) is 3.39. The molecular formula is C18H19NO3. The fourth-order valence-corrected chi connectivity index (χ4v) is 2.52. The Kier molecular flexibility index (Phi) is 4.71. The van der Waals surface area contributed by atoms with E-state index in [0.717, 1.165) is 5.56 Å². The van der Waals surface area contributed by atoms with Crippen LogP contribution in [0.1, 0.15) is 42.1 Å². The Morgan fingerprint density at radius 1 is 1.05 bits per heavy atom. The van der Waals surface area contributed by atoms with Gasteiger partial charge in [0.1, 0.15) is 0 Å². The fourth-order valence-electron chi connectivity index (χ4n) is 2.52. The van der Waals surface area contributed by atoms with E-state index in [1.54, 1.807) is 38.1 Å². The van der Waals surface area contributed by atoms with Crippen LogP contribution in [0.5, 0.6) is 0 Å². The van der Waals surface area contributed by atoms with Crippen molar-refractivity contribution in [1.82, 2.24) is 0 Å². The number of carbonyl (C=O) groups excluding carboxylic acids is 1. The van der Waals surface area contributed by atoms with E-state index in [-0.39, 0.29) is 17.1 Å². The van der Waals surface area contributed by atoms with Crippen molar-refractivity contribution >= 4 is 5.78 Å². The fraction of sp³-hybridized carbons (Fsp3) is 0.278. The van der Waals surface area contributed by atoms with Gasteiger partial charge in [-0.1, -0.05) is 60.7 Å². The molecule has 0 N–H and O–H groups in total. The van der Waals surface area contributed by atoms with E-state index in [0.29, 0.717) is 5.56 Å². The molecule has 0 spiro atoms. The second kappa shape index (κ2) is 6.52. The smallest absolute Gasteiger partial charge is 0.223 e. The van der Waals surface area contributed by atoms with Gasteiger partial charge in [-0.15, -0.1) is 0 Å². The second-order valence-electron chi connectivity index (χ2n) is 5.87. The van der Waals surface area contributed by atoms with Gasteiger partial charge in [-0.05, 0) is 5.56 Å². The van der Waals surface area contributed by atoms with Crippen LogP contribution in [0, 0.1) is 10.1 Å². The molecule has 0 aliphatic rings. The first-order chi connectivity index (χ1) is 10.4. The molecule has 22 heavy (non-hydrogen) atoms. The van der Waals surface area contributed by atoms with Gasteiger partial charge < -0.3 is 0 Å². The molecule has 4 heteroatoms. The van der Waals surface area contributed by atoms with Crippen LogP contribution in [0.3, 0.4) is 0 Å². The molecule has 0 radical (unpaired) electrons. The van der Waals surface area contributed by atoms with Crippen LogP contribution in [0.15, 0.2) is 60.7 Å². The number of hydrogen-bond donors (Lipinski definition) is 0. The summed E-state index contributed by atoms with van der Waals surface area (Å²) in [5, 5.41) is 11.4. The Morgan fingerprint density at radius 2 is 1.55 bits per heavy atom. The summed E-state index contributed by atoms with van der Waals surface area (Å²) in [6.07, 6.45) is 0.113. The quantitative estimate of drug-likeness (QED) is 0.458.